The Balaban J connectivity index is 1.97. The van der Waals surface area contributed by atoms with Gasteiger partial charge < -0.3 is 9.84 Å². The summed E-state index contributed by atoms with van der Waals surface area (Å²) in [5, 5.41) is 6.63. The molecule has 1 amide bonds. The number of hydrogen-bond acceptors (Lipinski definition) is 5. The highest BCUT2D eigenvalue weighted by Crippen LogP contribution is 2.13. The molecule has 0 radical (unpaired) electrons. The molecular weight excluding hydrogens is 244 g/mol. The van der Waals surface area contributed by atoms with Crippen LogP contribution in [0.2, 0.25) is 0 Å². The van der Waals surface area contributed by atoms with Crippen LogP contribution in [0.5, 0.6) is 0 Å². The van der Waals surface area contributed by atoms with Crippen LogP contribution in [0.3, 0.4) is 0 Å². The molecule has 1 unspecified atom stereocenters. The number of carbonyl (C=O) groups is 1. The van der Waals surface area contributed by atoms with Gasteiger partial charge in [-0.15, -0.1) is 0 Å². The second kappa shape index (κ2) is 6.08. The maximum absolute atomic E-state index is 11.6. The maximum atomic E-state index is 11.6. The van der Waals surface area contributed by atoms with Crippen molar-refractivity contribution in [2.45, 2.75) is 26.8 Å². The second-order valence-electron chi connectivity index (χ2n) is 4.27. The quantitative estimate of drug-likeness (QED) is 0.886. The number of amides is 1. The highest BCUT2D eigenvalue weighted by molar-refractivity contribution is 5.78. The van der Waals surface area contributed by atoms with Gasteiger partial charge in [-0.2, -0.15) is 4.98 Å². The number of hydrogen-bond donors (Lipinski definition) is 1. The molecule has 2 heterocycles. The number of aromatic nitrogens is 3. The monoisotopic (exact) mass is 260 g/mol. The zero-order chi connectivity index (χ0) is 13.7. The molecule has 0 saturated carbocycles. The van der Waals surface area contributed by atoms with Crippen LogP contribution >= 0.6 is 0 Å². The molecule has 0 fully saturated rings. The summed E-state index contributed by atoms with van der Waals surface area (Å²) in [6, 6.07) is 3.60. The van der Waals surface area contributed by atoms with Crippen LogP contribution in [-0.2, 0) is 11.3 Å². The van der Waals surface area contributed by atoms with Crippen LogP contribution in [0, 0.1) is 5.92 Å². The lowest BCUT2D eigenvalue weighted by atomic mass is 10.1. The van der Waals surface area contributed by atoms with Gasteiger partial charge in [-0.3, -0.25) is 9.78 Å². The van der Waals surface area contributed by atoms with E-state index in [0.717, 1.165) is 12.0 Å². The van der Waals surface area contributed by atoms with Crippen molar-refractivity contribution in [1.82, 2.24) is 20.4 Å². The predicted molar refractivity (Wildman–Crippen MR) is 68.8 cm³/mol. The van der Waals surface area contributed by atoms with Crippen LogP contribution in [0.15, 0.2) is 29.0 Å². The third-order valence-electron chi connectivity index (χ3n) is 2.88. The average Bonchev–Trinajstić information content (AvgIpc) is 2.93. The summed E-state index contributed by atoms with van der Waals surface area (Å²) in [7, 11) is 0. The van der Waals surface area contributed by atoms with Crippen LogP contribution < -0.4 is 5.32 Å². The van der Waals surface area contributed by atoms with Gasteiger partial charge in [-0.05, 0) is 18.6 Å². The molecule has 0 aromatic carbocycles. The summed E-state index contributed by atoms with van der Waals surface area (Å²) in [6.07, 6.45) is 4.13. The third kappa shape index (κ3) is 3.37. The summed E-state index contributed by atoms with van der Waals surface area (Å²) in [5.41, 5.74) is 0.832. The van der Waals surface area contributed by atoms with Gasteiger partial charge in [0, 0.05) is 23.9 Å². The molecule has 0 aliphatic carbocycles. The van der Waals surface area contributed by atoms with Crippen molar-refractivity contribution in [2.24, 2.45) is 5.92 Å². The lowest BCUT2D eigenvalue weighted by Crippen LogP contribution is -2.28. The first-order valence-corrected chi connectivity index (χ1v) is 6.21. The summed E-state index contributed by atoms with van der Waals surface area (Å²) in [4.78, 5) is 19.8. The van der Waals surface area contributed by atoms with E-state index < -0.39 is 0 Å². The highest BCUT2D eigenvalue weighted by atomic mass is 16.5. The van der Waals surface area contributed by atoms with E-state index in [9.17, 15) is 4.79 Å². The summed E-state index contributed by atoms with van der Waals surface area (Å²) >= 11 is 0. The molecule has 0 spiro atoms. The number of rotatable bonds is 5. The molecule has 0 saturated heterocycles. The van der Waals surface area contributed by atoms with E-state index in [-0.39, 0.29) is 18.4 Å². The zero-order valence-electron chi connectivity index (χ0n) is 11.0. The third-order valence-corrected chi connectivity index (χ3v) is 2.88. The lowest BCUT2D eigenvalue weighted by molar-refractivity contribution is -0.124. The molecule has 2 aromatic heterocycles. The first-order valence-electron chi connectivity index (χ1n) is 6.21. The van der Waals surface area contributed by atoms with Gasteiger partial charge in [-0.25, -0.2) is 0 Å². The van der Waals surface area contributed by atoms with Crippen molar-refractivity contribution in [3.63, 3.8) is 0 Å². The van der Waals surface area contributed by atoms with Crippen molar-refractivity contribution in [3.8, 4) is 11.4 Å². The van der Waals surface area contributed by atoms with Gasteiger partial charge in [0.1, 0.15) is 0 Å². The van der Waals surface area contributed by atoms with Gasteiger partial charge in [0.05, 0.1) is 6.54 Å². The predicted octanol–water partition coefficient (Wildman–Crippen LogP) is 1.79. The minimum Gasteiger partial charge on any atom is -0.347 e. The smallest absolute Gasteiger partial charge is 0.246 e. The molecule has 100 valence electrons. The molecule has 0 aliphatic heterocycles. The number of carbonyl (C=O) groups excluding carboxylic acids is 1. The zero-order valence-corrected chi connectivity index (χ0v) is 11.0. The van der Waals surface area contributed by atoms with Crippen molar-refractivity contribution < 1.29 is 9.32 Å². The lowest BCUT2D eigenvalue weighted by Gasteiger charge is -2.07. The molecule has 2 rings (SSSR count). The molecule has 6 heteroatoms. The second-order valence-corrected chi connectivity index (χ2v) is 4.27. The Kier molecular flexibility index (Phi) is 4.22. The van der Waals surface area contributed by atoms with Gasteiger partial charge >= 0.3 is 0 Å². The minimum atomic E-state index is -0.0115. The van der Waals surface area contributed by atoms with E-state index >= 15 is 0 Å². The molecule has 1 atom stereocenters. The Morgan fingerprint density at radius 1 is 1.42 bits per heavy atom. The maximum Gasteiger partial charge on any atom is 0.246 e. The molecular formula is C13H16N4O2. The van der Waals surface area contributed by atoms with Crippen LogP contribution in [0.25, 0.3) is 11.4 Å². The van der Waals surface area contributed by atoms with E-state index in [4.69, 9.17) is 4.52 Å². The molecule has 1 N–H and O–H groups in total. The van der Waals surface area contributed by atoms with E-state index in [2.05, 4.69) is 20.4 Å². The van der Waals surface area contributed by atoms with Crippen molar-refractivity contribution in [2.75, 3.05) is 0 Å². The largest absolute Gasteiger partial charge is 0.347 e. The van der Waals surface area contributed by atoms with Crippen LogP contribution in [0.4, 0.5) is 0 Å². The van der Waals surface area contributed by atoms with Crippen molar-refractivity contribution in [3.05, 3.63) is 30.4 Å². The SMILES string of the molecule is CCC(C)C(=O)NCc1nc(-c2ccncc2)no1. The fourth-order valence-electron chi connectivity index (χ4n) is 1.47. The molecule has 6 nitrogen and oxygen atoms in total. The molecule has 0 aliphatic rings. The van der Waals surface area contributed by atoms with E-state index in [1.165, 1.54) is 0 Å². The first-order chi connectivity index (χ1) is 9.20. The summed E-state index contributed by atoms with van der Waals surface area (Å²) in [6.45, 7) is 4.10. The van der Waals surface area contributed by atoms with Gasteiger partial charge in [0.15, 0.2) is 0 Å². The van der Waals surface area contributed by atoms with Crippen molar-refractivity contribution >= 4 is 5.91 Å². The Hall–Kier alpha value is -2.24. The molecule has 0 bridgehead atoms. The fraction of sp³-hybridized carbons (Fsp3) is 0.385. The Labute approximate surface area is 111 Å². The van der Waals surface area contributed by atoms with Gasteiger partial charge in [-0.1, -0.05) is 19.0 Å². The van der Waals surface area contributed by atoms with E-state index in [0.29, 0.717) is 11.7 Å². The van der Waals surface area contributed by atoms with E-state index in [1.807, 2.05) is 13.8 Å². The van der Waals surface area contributed by atoms with Crippen LogP contribution in [0.1, 0.15) is 26.2 Å². The number of nitrogens with zero attached hydrogens (tertiary/aromatic N) is 3. The topological polar surface area (TPSA) is 80.9 Å². The Morgan fingerprint density at radius 2 is 2.16 bits per heavy atom. The average molecular weight is 260 g/mol. The molecule has 2 aromatic rings. The summed E-state index contributed by atoms with van der Waals surface area (Å²) < 4.78 is 5.09. The molecule has 19 heavy (non-hydrogen) atoms. The van der Waals surface area contributed by atoms with E-state index in [1.54, 1.807) is 24.5 Å². The van der Waals surface area contributed by atoms with Gasteiger partial charge in [0.2, 0.25) is 17.6 Å². The number of nitrogens with one attached hydrogen (secondary N) is 1. The fourth-order valence-corrected chi connectivity index (χ4v) is 1.47. The first kappa shape index (κ1) is 13.2. The normalized spacial score (nSPS) is 12.1. The standard InChI is InChI=1S/C13H16N4O2/c1-3-9(2)13(18)15-8-11-16-12(17-19-11)10-4-6-14-7-5-10/h4-7,9H,3,8H2,1-2H3,(H,15,18). The summed E-state index contributed by atoms with van der Waals surface area (Å²) in [5.74, 6) is 0.868. The minimum absolute atomic E-state index is 0.00818. The van der Waals surface area contributed by atoms with Crippen LogP contribution in [-0.4, -0.2) is 21.0 Å². The Morgan fingerprint density at radius 3 is 2.84 bits per heavy atom. The Bertz CT molecular complexity index is 539. The highest BCUT2D eigenvalue weighted by Gasteiger charge is 2.12. The number of pyridine rings is 1. The van der Waals surface area contributed by atoms with Gasteiger partial charge in [0.25, 0.3) is 0 Å². The van der Waals surface area contributed by atoms with Crippen molar-refractivity contribution in [1.29, 1.82) is 0 Å².